The third-order valence-electron chi connectivity index (χ3n) is 4.00. The fourth-order valence-electron chi connectivity index (χ4n) is 2.54. The van der Waals surface area contributed by atoms with Crippen molar-refractivity contribution in [3.05, 3.63) is 59.4 Å². The van der Waals surface area contributed by atoms with E-state index in [1.54, 1.807) is 44.0 Å². The number of aromatic nitrogens is 3. The predicted octanol–water partition coefficient (Wildman–Crippen LogP) is 3.15. The van der Waals surface area contributed by atoms with Gasteiger partial charge in [0.15, 0.2) is 5.69 Å². The predicted molar refractivity (Wildman–Crippen MR) is 98.3 cm³/mol. The van der Waals surface area contributed by atoms with Gasteiger partial charge in [-0.25, -0.2) is 4.68 Å². The molecule has 7 nitrogen and oxygen atoms in total. The van der Waals surface area contributed by atoms with Crippen molar-refractivity contribution in [2.45, 2.75) is 13.8 Å². The first-order valence-electron chi connectivity index (χ1n) is 8.05. The summed E-state index contributed by atoms with van der Waals surface area (Å²) >= 11 is 0. The van der Waals surface area contributed by atoms with E-state index < -0.39 is 0 Å². The van der Waals surface area contributed by atoms with E-state index in [1.165, 1.54) is 0 Å². The van der Waals surface area contributed by atoms with Crippen LogP contribution in [0.25, 0.3) is 5.69 Å². The zero-order valence-electron chi connectivity index (χ0n) is 15.1. The van der Waals surface area contributed by atoms with Crippen molar-refractivity contribution in [2.24, 2.45) is 0 Å². The third kappa shape index (κ3) is 3.51. The summed E-state index contributed by atoms with van der Waals surface area (Å²) in [4.78, 5) is 12.6. The molecule has 2 aromatic carbocycles. The van der Waals surface area contributed by atoms with Crippen molar-refractivity contribution in [3.63, 3.8) is 0 Å². The van der Waals surface area contributed by atoms with Gasteiger partial charge in [-0.2, -0.15) is 0 Å². The quantitative estimate of drug-likeness (QED) is 0.763. The molecule has 3 rings (SSSR count). The smallest absolute Gasteiger partial charge is 0.278 e. The van der Waals surface area contributed by atoms with Crippen LogP contribution in [0.4, 0.5) is 5.69 Å². The number of carbonyl (C=O) groups is 1. The molecule has 1 N–H and O–H groups in total. The first-order chi connectivity index (χ1) is 12.5. The highest BCUT2D eigenvalue weighted by atomic mass is 16.5. The van der Waals surface area contributed by atoms with E-state index in [4.69, 9.17) is 9.47 Å². The molecule has 7 heteroatoms. The Bertz CT molecular complexity index is 910. The second kappa shape index (κ2) is 7.26. The second-order valence-corrected chi connectivity index (χ2v) is 5.83. The zero-order chi connectivity index (χ0) is 18.7. The van der Waals surface area contributed by atoms with Crippen LogP contribution < -0.4 is 14.8 Å². The van der Waals surface area contributed by atoms with Crippen molar-refractivity contribution in [1.82, 2.24) is 15.0 Å². The molecular weight excluding hydrogens is 332 g/mol. The van der Waals surface area contributed by atoms with Crippen LogP contribution in [0.3, 0.4) is 0 Å². The Kier molecular flexibility index (Phi) is 4.88. The maximum absolute atomic E-state index is 12.6. The van der Waals surface area contributed by atoms with E-state index in [0.717, 1.165) is 11.3 Å². The number of hydrogen-bond acceptors (Lipinski definition) is 5. The van der Waals surface area contributed by atoms with E-state index in [2.05, 4.69) is 15.6 Å². The van der Waals surface area contributed by atoms with Gasteiger partial charge in [0.1, 0.15) is 11.5 Å². The van der Waals surface area contributed by atoms with Crippen LogP contribution in [0, 0.1) is 13.8 Å². The lowest BCUT2D eigenvalue weighted by molar-refractivity contribution is 0.102. The van der Waals surface area contributed by atoms with Crippen molar-refractivity contribution in [1.29, 1.82) is 0 Å². The molecule has 0 unspecified atom stereocenters. The fraction of sp³-hybridized carbons (Fsp3) is 0.211. The minimum atomic E-state index is -0.351. The van der Waals surface area contributed by atoms with Gasteiger partial charge in [-0.05, 0) is 26.0 Å². The van der Waals surface area contributed by atoms with E-state index in [1.807, 2.05) is 31.2 Å². The standard InChI is InChI=1S/C19H20N4O3/c1-12-5-7-15(8-6-12)23-13(2)18(21-22-23)19(24)20-14-9-16(25-3)11-17(10-14)26-4/h5-11H,1-4H3,(H,20,24). The van der Waals surface area contributed by atoms with Crippen LogP contribution in [-0.2, 0) is 0 Å². The molecule has 0 atom stereocenters. The fourth-order valence-corrected chi connectivity index (χ4v) is 2.54. The first kappa shape index (κ1) is 17.5. The summed E-state index contributed by atoms with van der Waals surface area (Å²) in [5, 5.41) is 10.9. The van der Waals surface area contributed by atoms with E-state index >= 15 is 0 Å². The lowest BCUT2D eigenvalue weighted by atomic mass is 10.2. The molecule has 0 radical (unpaired) electrons. The number of nitrogens with zero attached hydrogens (tertiary/aromatic N) is 3. The molecule has 0 fully saturated rings. The van der Waals surface area contributed by atoms with Gasteiger partial charge in [-0.3, -0.25) is 4.79 Å². The zero-order valence-corrected chi connectivity index (χ0v) is 15.1. The first-order valence-corrected chi connectivity index (χ1v) is 8.05. The molecule has 1 amide bonds. The summed E-state index contributed by atoms with van der Waals surface area (Å²) in [5.41, 5.74) is 3.46. The highest BCUT2D eigenvalue weighted by Gasteiger charge is 2.18. The summed E-state index contributed by atoms with van der Waals surface area (Å²) in [6.45, 7) is 3.82. The number of ether oxygens (including phenoxy) is 2. The van der Waals surface area contributed by atoms with Crippen LogP contribution in [0.5, 0.6) is 11.5 Å². The molecule has 3 aromatic rings. The summed E-state index contributed by atoms with van der Waals surface area (Å²) < 4.78 is 12.1. The minimum absolute atomic E-state index is 0.257. The van der Waals surface area contributed by atoms with Crippen LogP contribution in [0.2, 0.25) is 0 Å². The lowest BCUT2D eigenvalue weighted by Crippen LogP contribution is -2.14. The van der Waals surface area contributed by atoms with Crippen molar-refractivity contribution in [2.75, 3.05) is 19.5 Å². The van der Waals surface area contributed by atoms with Crippen LogP contribution >= 0.6 is 0 Å². The van der Waals surface area contributed by atoms with Gasteiger partial charge in [0.25, 0.3) is 5.91 Å². The summed E-state index contributed by atoms with van der Waals surface area (Å²) in [6, 6.07) is 13.0. The monoisotopic (exact) mass is 352 g/mol. The molecule has 0 saturated heterocycles. The number of rotatable bonds is 5. The summed E-state index contributed by atoms with van der Waals surface area (Å²) in [5.74, 6) is 0.815. The Morgan fingerprint density at radius 1 is 1.00 bits per heavy atom. The number of aryl methyl sites for hydroxylation is 1. The van der Waals surface area contributed by atoms with Crippen molar-refractivity contribution in [3.8, 4) is 17.2 Å². The van der Waals surface area contributed by atoms with Gasteiger partial charge in [0.2, 0.25) is 0 Å². The molecule has 0 saturated carbocycles. The highest BCUT2D eigenvalue weighted by molar-refractivity contribution is 6.03. The van der Waals surface area contributed by atoms with Crippen LogP contribution in [-0.4, -0.2) is 35.1 Å². The molecule has 0 spiro atoms. The number of carbonyl (C=O) groups excluding carboxylic acids is 1. The lowest BCUT2D eigenvalue weighted by Gasteiger charge is -2.09. The van der Waals surface area contributed by atoms with Crippen molar-refractivity contribution >= 4 is 11.6 Å². The molecule has 1 aromatic heterocycles. The van der Waals surface area contributed by atoms with Gasteiger partial charge < -0.3 is 14.8 Å². The number of amides is 1. The van der Waals surface area contributed by atoms with Gasteiger partial charge in [0, 0.05) is 23.9 Å². The van der Waals surface area contributed by atoms with Gasteiger partial charge in [0.05, 0.1) is 25.6 Å². The Hall–Kier alpha value is -3.35. The average molecular weight is 352 g/mol. The number of methoxy groups -OCH3 is 2. The molecular formula is C19H20N4O3. The molecule has 1 heterocycles. The molecule has 134 valence electrons. The maximum atomic E-state index is 12.6. The van der Waals surface area contributed by atoms with E-state index in [0.29, 0.717) is 22.9 Å². The third-order valence-corrected chi connectivity index (χ3v) is 4.00. The normalized spacial score (nSPS) is 10.5. The molecule has 0 aliphatic rings. The Balaban J connectivity index is 1.86. The van der Waals surface area contributed by atoms with Crippen LogP contribution in [0.15, 0.2) is 42.5 Å². The minimum Gasteiger partial charge on any atom is -0.497 e. The van der Waals surface area contributed by atoms with Crippen molar-refractivity contribution < 1.29 is 14.3 Å². The Morgan fingerprint density at radius 3 is 2.19 bits per heavy atom. The number of anilines is 1. The molecule has 0 aliphatic carbocycles. The second-order valence-electron chi connectivity index (χ2n) is 5.83. The highest BCUT2D eigenvalue weighted by Crippen LogP contribution is 2.26. The molecule has 26 heavy (non-hydrogen) atoms. The van der Waals surface area contributed by atoms with Crippen LogP contribution in [0.1, 0.15) is 21.7 Å². The van der Waals surface area contributed by atoms with E-state index in [-0.39, 0.29) is 11.6 Å². The van der Waals surface area contributed by atoms with Gasteiger partial charge in [-0.15, -0.1) is 5.10 Å². The SMILES string of the molecule is COc1cc(NC(=O)c2nnn(-c3ccc(C)cc3)c2C)cc(OC)c1. The molecule has 0 aliphatic heterocycles. The number of nitrogens with one attached hydrogen (secondary N) is 1. The number of benzene rings is 2. The largest absolute Gasteiger partial charge is 0.497 e. The van der Waals surface area contributed by atoms with Gasteiger partial charge in [-0.1, -0.05) is 22.9 Å². The summed E-state index contributed by atoms with van der Waals surface area (Å²) in [6.07, 6.45) is 0. The molecule has 0 bridgehead atoms. The Labute approximate surface area is 151 Å². The average Bonchev–Trinajstić information content (AvgIpc) is 3.03. The topological polar surface area (TPSA) is 78.3 Å². The van der Waals surface area contributed by atoms with E-state index in [9.17, 15) is 4.79 Å². The van der Waals surface area contributed by atoms with Gasteiger partial charge >= 0.3 is 0 Å². The Morgan fingerprint density at radius 2 is 1.62 bits per heavy atom. The summed E-state index contributed by atoms with van der Waals surface area (Å²) in [7, 11) is 3.11. The number of hydrogen-bond donors (Lipinski definition) is 1. The maximum Gasteiger partial charge on any atom is 0.278 e.